The second-order valence-electron chi connectivity index (χ2n) is 7.92. The van der Waals surface area contributed by atoms with Crippen molar-refractivity contribution < 1.29 is 14.3 Å². The van der Waals surface area contributed by atoms with Crippen molar-refractivity contribution in [2.45, 2.75) is 45.4 Å². The molecular formula is C27H26O4. The first-order valence-corrected chi connectivity index (χ1v) is 10.8. The molecule has 4 rings (SSSR count). The zero-order chi connectivity index (χ0) is 22.2. The van der Waals surface area contributed by atoms with Crippen molar-refractivity contribution in [1.29, 1.82) is 0 Å². The Morgan fingerprint density at radius 3 is 2.00 bits per heavy atom. The molecule has 3 aromatic rings. The summed E-state index contributed by atoms with van der Waals surface area (Å²) in [6.07, 6.45) is 1.35. The Balaban J connectivity index is 1.88. The van der Waals surface area contributed by atoms with E-state index in [9.17, 15) is 14.7 Å². The summed E-state index contributed by atoms with van der Waals surface area (Å²) in [6.45, 7) is 5.65. The van der Waals surface area contributed by atoms with E-state index in [0.717, 1.165) is 16.7 Å². The highest BCUT2D eigenvalue weighted by atomic mass is 16.3. The summed E-state index contributed by atoms with van der Waals surface area (Å²) in [6, 6.07) is 19.2. The highest BCUT2D eigenvalue weighted by Crippen LogP contribution is 2.44. The van der Waals surface area contributed by atoms with Gasteiger partial charge in [-0.2, -0.15) is 0 Å². The number of rotatable bonds is 5. The molecule has 1 aliphatic carbocycles. The molecule has 0 amide bonds. The third-order valence-electron chi connectivity index (χ3n) is 6.45. The molecule has 0 atom stereocenters. The van der Waals surface area contributed by atoms with Gasteiger partial charge in [0.25, 0.3) is 0 Å². The number of Topliss-reactive ketones (excluding diaryl/α,β-unsaturated/α-hetero) is 1. The molecule has 0 spiro atoms. The molecule has 0 aliphatic heterocycles. The van der Waals surface area contributed by atoms with Crippen LogP contribution in [0.25, 0.3) is 28.2 Å². The molecule has 1 aromatic heterocycles. The van der Waals surface area contributed by atoms with Crippen LogP contribution in [0.1, 0.15) is 51.4 Å². The standard InChI is InChI=1S/C27H26O4/c1-4-20-24(29)23-21(28)16-22(31-26(23)27(5-2,6-3)25(20)30)19-14-12-18(13-15-19)17-10-8-7-9-11-17/h7-16,29H,4-6H2,1-3H3. The summed E-state index contributed by atoms with van der Waals surface area (Å²) in [5.41, 5.74) is 2.08. The van der Waals surface area contributed by atoms with Gasteiger partial charge in [0.15, 0.2) is 11.2 Å². The summed E-state index contributed by atoms with van der Waals surface area (Å²) >= 11 is 0. The van der Waals surface area contributed by atoms with Crippen LogP contribution in [0.3, 0.4) is 0 Å². The van der Waals surface area contributed by atoms with Crippen LogP contribution in [-0.4, -0.2) is 10.9 Å². The van der Waals surface area contributed by atoms with Crippen LogP contribution in [-0.2, 0) is 10.2 Å². The fourth-order valence-electron chi connectivity index (χ4n) is 4.53. The van der Waals surface area contributed by atoms with Gasteiger partial charge in [-0.05, 0) is 30.4 Å². The van der Waals surface area contributed by atoms with Crippen LogP contribution >= 0.6 is 0 Å². The molecule has 158 valence electrons. The largest absolute Gasteiger partial charge is 0.507 e. The fourth-order valence-corrected chi connectivity index (χ4v) is 4.53. The Kier molecular flexibility index (Phi) is 5.40. The minimum Gasteiger partial charge on any atom is -0.507 e. The van der Waals surface area contributed by atoms with Crippen molar-refractivity contribution in [3.8, 4) is 22.5 Å². The number of aliphatic hydroxyl groups is 1. The lowest BCUT2D eigenvalue weighted by Crippen LogP contribution is -2.41. The van der Waals surface area contributed by atoms with Gasteiger partial charge in [-0.25, -0.2) is 0 Å². The number of carbonyl (C=O) groups is 1. The van der Waals surface area contributed by atoms with Gasteiger partial charge in [0.2, 0.25) is 0 Å². The number of aliphatic hydroxyl groups excluding tert-OH is 1. The van der Waals surface area contributed by atoms with Crippen LogP contribution < -0.4 is 5.43 Å². The first-order valence-electron chi connectivity index (χ1n) is 10.8. The van der Waals surface area contributed by atoms with E-state index in [2.05, 4.69) is 0 Å². The first-order chi connectivity index (χ1) is 15.0. The van der Waals surface area contributed by atoms with E-state index in [1.807, 2.05) is 75.4 Å². The number of benzene rings is 2. The Morgan fingerprint density at radius 2 is 1.42 bits per heavy atom. The van der Waals surface area contributed by atoms with E-state index in [1.54, 1.807) is 0 Å². The van der Waals surface area contributed by atoms with E-state index >= 15 is 0 Å². The summed E-state index contributed by atoms with van der Waals surface area (Å²) in [5, 5.41) is 10.7. The van der Waals surface area contributed by atoms with E-state index < -0.39 is 5.41 Å². The van der Waals surface area contributed by atoms with E-state index in [1.165, 1.54) is 6.07 Å². The van der Waals surface area contributed by atoms with Gasteiger partial charge >= 0.3 is 0 Å². The highest BCUT2D eigenvalue weighted by Gasteiger charge is 2.48. The fraction of sp³-hybridized carbons (Fsp3) is 0.259. The monoisotopic (exact) mass is 414 g/mol. The number of allylic oxidation sites excluding steroid dienone is 1. The van der Waals surface area contributed by atoms with Crippen molar-refractivity contribution in [2.24, 2.45) is 0 Å². The second kappa shape index (κ2) is 8.03. The van der Waals surface area contributed by atoms with Crippen molar-refractivity contribution in [1.82, 2.24) is 0 Å². The number of hydrogen-bond donors (Lipinski definition) is 1. The van der Waals surface area contributed by atoms with E-state index in [4.69, 9.17) is 4.42 Å². The van der Waals surface area contributed by atoms with Gasteiger partial charge in [0.05, 0.1) is 5.41 Å². The van der Waals surface area contributed by atoms with Gasteiger partial charge < -0.3 is 9.52 Å². The number of hydrogen-bond acceptors (Lipinski definition) is 4. The summed E-state index contributed by atoms with van der Waals surface area (Å²) in [7, 11) is 0. The van der Waals surface area contributed by atoms with Crippen LogP contribution in [0.5, 0.6) is 0 Å². The Labute approximate surface area is 181 Å². The maximum absolute atomic E-state index is 13.3. The average molecular weight is 415 g/mol. The SMILES string of the molecule is CCC1=C(O)c2c(oc(-c3ccc(-c4ccccc4)cc3)cc2=O)C(CC)(CC)C1=O. The van der Waals surface area contributed by atoms with Gasteiger partial charge in [-0.15, -0.1) is 0 Å². The molecule has 0 radical (unpaired) electrons. The summed E-state index contributed by atoms with van der Waals surface area (Å²) in [5.74, 6) is 0.298. The summed E-state index contributed by atoms with van der Waals surface area (Å²) < 4.78 is 6.23. The maximum atomic E-state index is 13.3. The van der Waals surface area contributed by atoms with Crippen molar-refractivity contribution >= 4 is 11.5 Å². The molecule has 4 nitrogen and oxygen atoms in total. The first kappa shape index (κ1) is 20.9. The van der Waals surface area contributed by atoms with Gasteiger partial charge in [-0.3, -0.25) is 9.59 Å². The predicted octanol–water partition coefficient (Wildman–Crippen LogP) is 6.29. The molecule has 4 heteroatoms. The quantitative estimate of drug-likeness (QED) is 0.532. The zero-order valence-corrected chi connectivity index (χ0v) is 18.1. The van der Waals surface area contributed by atoms with Gasteiger partial charge in [0.1, 0.15) is 22.8 Å². The highest BCUT2D eigenvalue weighted by molar-refractivity contribution is 6.10. The minimum absolute atomic E-state index is 0.129. The third kappa shape index (κ3) is 3.23. The topological polar surface area (TPSA) is 67.5 Å². The maximum Gasteiger partial charge on any atom is 0.196 e. The molecule has 0 fully saturated rings. The Morgan fingerprint density at radius 1 is 0.839 bits per heavy atom. The number of fused-ring (bicyclic) bond motifs is 1. The lowest BCUT2D eigenvalue weighted by molar-refractivity contribution is -0.122. The molecule has 1 heterocycles. The van der Waals surface area contributed by atoms with Crippen LogP contribution in [0.15, 0.2) is 75.4 Å². The molecule has 31 heavy (non-hydrogen) atoms. The molecule has 1 aliphatic rings. The number of ketones is 1. The van der Waals surface area contributed by atoms with Crippen LogP contribution in [0.2, 0.25) is 0 Å². The molecule has 1 N–H and O–H groups in total. The second-order valence-corrected chi connectivity index (χ2v) is 7.92. The third-order valence-corrected chi connectivity index (χ3v) is 6.45. The van der Waals surface area contributed by atoms with Crippen molar-refractivity contribution in [3.05, 3.63) is 87.8 Å². The zero-order valence-electron chi connectivity index (χ0n) is 18.1. The number of carbonyl (C=O) groups excluding carboxylic acids is 1. The molecule has 0 saturated heterocycles. The molecule has 0 bridgehead atoms. The van der Waals surface area contributed by atoms with Crippen molar-refractivity contribution in [2.75, 3.05) is 0 Å². The Hall–Kier alpha value is -3.40. The smallest absolute Gasteiger partial charge is 0.196 e. The van der Waals surface area contributed by atoms with Gasteiger partial charge in [0, 0.05) is 17.2 Å². The van der Waals surface area contributed by atoms with Crippen LogP contribution in [0.4, 0.5) is 0 Å². The van der Waals surface area contributed by atoms with E-state index in [0.29, 0.717) is 30.6 Å². The molecule has 2 aromatic carbocycles. The minimum atomic E-state index is -0.938. The lowest BCUT2D eigenvalue weighted by Gasteiger charge is -2.35. The van der Waals surface area contributed by atoms with E-state index in [-0.39, 0.29) is 28.3 Å². The van der Waals surface area contributed by atoms with Gasteiger partial charge in [-0.1, -0.05) is 75.4 Å². The molecular weight excluding hydrogens is 388 g/mol. The normalized spacial score (nSPS) is 15.1. The average Bonchev–Trinajstić information content (AvgIpc) is 2.80. The van der Waals surface area contributed by atoms with Crippen LogP contribution in [0, 0.1) is 0 Å². The lowest BCUT2D eigenvalue weighted by atomic mass is 9.68. The molecule has 0 unspecified atom stereocenters. The Bertz CT molecular complexity index is 1210. The molecule has 0 saturated carbocycles. The predicted molar refractivity (Wildman–Crippen MR) is 123 cm³/mol. The van der Waals surface area contributed by atoms with Crippen molar-refractivity contribution in [3.63, 3.8) is 0 Å². The summed E-state index contributed by atoms with van der Waals surface area (Å²) in [4.78, 5) is 26.4.